The molecule has 1 aromatic carbocycles. The lowest BCUT2D eigenvalue weighted by molar-refractivity contribution is -0.127. The maximum absolute atomic E-state index is 12.3. The van der Waals surface area contributed by atoms with E-state index in [4.69, 9.17) is 9.47 Å². The topological polar surface area (TPSA) is 72.9 Å². The summed E-state index contributed by atoms with van der Waals surface area (Å²) in [4.78, 5) is 13.9. The number of rotatable bonds is 8. The minimum Gasteiger partial charge on any atom is -0.493 e. The van der Waals surface area contributed by atoms with Crippen LogP contribution in [0, 0.1) is 0 Å². The predicted molar refractivity (Wildman–Crippen MR) is 95.1 cm³/mol. The van der Waals surface area contributed by atoms with E-state index in [2.05, 4.69) is 0 Å². The van der Waals surface area contributed by atoms with Gasteiger partial charge >= 0.3 is 0 Å². The van der Waals surface area contributed by atoms with Crippen LogP contribution in [-0.2, 0) is 14.6 Å². The van der Waals surface area contributed by atoms with Gasteiger partial charge in [0.25, 0.3) is 0 Å². The third kappa shape index (κ3) is 6.23. The molecule has 0 aliphatic rings. The van der Waals surface area contributed by atoms with Crippen molar-refractivity contribution in [2.45, 2.75) is 19.9 Å². The summed E-state index contributed by atoms with van der Waals surface area (Å²) in [7, 11) is -0.0199. The zero-order valence-electron chi connectivity index (χ0n) is 14.8. The van der Waals surface area contributed by atoms with E-state index in [0.29, 0.717) is 11.5 Å². The molecule has 0 N–H and O–H groups in total. The Kier molecular flexibility index (Phi) is 7.28. The van der Waals surface area contributed by atoms with Crippen LogP contribution >= 0.6 is 0 Å². The summed E-state index contributed by atoms with van der Waals surface area (Å²) < 4.78 is 33.0. The fourth-order valence-electron chi connectivity index (χ4n) is 2.11. The highest BCUT2D eigenvalue weighted by atomic mass is 32.2. The van der Waals surface area contributed by atoms with Crippen LogP contribution in [0.4, 0.5) is 0 Å². The summed E-state index contributed by atoms with van der Waals surface area (Å²) in [6.07, 6.45) is 4.26. The summed E-state index contributed by atoms with van der Waals surface area (Å²) in [6.45, 7) is 3.88. The number of methoxy groups -OCH3 is 2. The molecule has 0 fully saturated rings. The van der Waals surface area contributed by atoms with Gasteiger partial charge < -0.3 is 14.4 Å². The third-order valence-electron chi connectivity index (χ3n) is 3.44. The van der Waals surface area contributed by atoms with Gasteiger partial charge in [0.2, 0.25) is 5.91 Å². The molecular weight excluding hydrogens is 330 g/mol. The van der Waals surface area contributed by atoms with E-state index in [1.165, 1.54) is 11.0 Å². The second kappa shape index (κ2) is 8.73. The largest absolute Gasteiger partial charge is 0.493 e. The molecule has 1 rings (SSSR count). The Hall–Kier alpha value is -2.02. The molecule has 0 aliphatic carbocycles. The van der Waals surface area contributed by atoms with Crippen molar-refractivity contribution >= 4 is 21.8 Å². The van der Waals surface area contributed by atoms with Crippen molar-refractivity contribution in [3.8, 4) is 11.5 Å². The standard InChI is InChI=1S/C17H25NO5S/c1-13(2)18(10-11-24(5,20)21)17(19)9-7-14-6-8-15(22-3)16(12-14)23-4/h6-9,12-13H,10-11H2,1-5H3/b9-7+. The average molecular weight is 355 g/mol. The molecule has 1 aromatic rings. The summed E-state index contributed by atoms with van der Waals surface area (Å²) in [5.41, 5.74) is 0.785. The predicted octanol–water partition coefficient (Wildman–Crippen LogP) is 2.00. The van der Waals surface area contributed by atoms with Crippen molar-refractivity contribution in [2.75, 3.05) is 32.8 Å². The minimum atomic E-state index is -3.12. The lowest BCUT2D eigenvalue weighted by Crippen LogP contribution is -2.39. The molecule has 1 amide bonds. The number of amides is 1. The molecule has 0 heterocycles. The monoisotopic (exact) mass is 355 g/mol. The van der Waals surface area contributed by atoms with E-state index >= 15 is 0 Å². The molecule has 0 aromatic heterocycles. The Morgan fingerprint density at radius 1 is 1.21 bits per heavy atom. The maximum Gasteiger partial charge on any atom is 0.246 e. The molecule has 6 nitrogen and oxygen atoms in total. The number of nitrogens with zero attached hydrogens (tertiary/aromatic N) is 1. The summed E-state index contributed by atoms with van der Waals surface area (Å²) >= 11 is 0. The minimum absolute atomic E-state index is 0.0544. The summed E-state index contributed by atoms with van der Waals surface area (Å²) in [5, 5.41) is 0. The maximum atomic E-state index is 12.3. The number of carbonyl (C=O) groups excluding carboxylic acids is 1. The Morgan fingerprint density at radius 3 is 2.33 bits per heavy atom. The van der Waals surface area contributed by atoms with Crippen LogP contribution in [0.2, 0.25) is 0 Å². The van der Waals surface area contributed by atoms with Crippen LogP contribution in [0.5, 0.6) is 11.5 Å². The van der Waals surface area contributed by atoms with Crippen LogP contribution in [0.15, 0.2) is 24.3 Å². The number of hydrogen-bond donors (Lipinski definition) is 0. The van der Waals surface area contributed by atoms with Gasteiger partial charge in [-0.3, -0.25) is 4.79 Å². The van der Waals surface area contributed by atoms with Gasteiger partial charge in [0.15, 0.2) is 11.5 Å². The SMILES string of the molecule is COc1ccc(/C=C/C(=O)N(CCS(C)(=O)=O)C(C)C)cc1OC. The first-order valence-electron chi connectivity index (χ1n) is 7.56. The lowest BCUT2D eigenvalue weighted by atomic mass is 10.2. The van der Waals surface area contributed by atoms with Gasteiger partial charge in [-0.25, -0.2) is 8.42 Å². The Balaban J connectivity index is 2.88. The van der Waals surface area contributed by atoms with Crippen LogP contribution in [0.25, 0.3) is 6.08 Å². The Labute approximate surface area is 144 Å². The molecule has 0 radical (unpaired) electrons. The fourth-order valence-corrected chi connectivity index (χ4v) is 2.64. The third-order valence-corrected chi connectivity index (χ3v) is 4.36. The first kappa shape index (κ1) is 20.0. The van der Waals surface area contributed by atoms with Gasteiger partial charge in [-0.15, -0.1) is 0 Å². The second-order valence-electron chi connectivity index (χ2n) is 5.70. The number of carbonyl (C=O) groups is 1. The number of sulfone groups is 1. The molecular formula is C17H25NO5S. The van der Waals surface area contributed by atoms with Crippen molar-refractivity contribution in [3.05, 3.63) is 29.8 Å². The number of ether oxygens (including phenoxy) is 2. The quantitative estimate of drug-likeness (QED) is 0.667. The number of hydrogen-bond acceptors (Lipinski definition) is 5. The number of benzene rings is 1. The Bertz CT molecular complexity index is 695. The Morgan fingerprint density at radius 2 is 1.83 bits per heavy atom. The molecule has 0 saturated carbocycles. The second-order valence-corrected chi connectivity index (χ2v) is 7.96. The molecule has 134 valence electrons. The van der Waals surface area contributed by atoms with Gasteiger partial charge in [-0.05, 0) is 37.6 Å². The highest BCUT2D eigenvalue weighted by Gasteiger charge is 2.16. The van der Waals surface area contributed by atoms with Crippen molar-refractivity contribution in [2.24, 2.45) is 0 Å². The normalized spacial score (nSPS) is 11.8. The van der Waals surface area contributed by atoms with E-state index in [1.54, 1.807) is 38.5 Å². The van der Waals surface area contributed by atoms with Crippen LogP contribution in [0.3, 0.4) is 0 Å². The van der Waals surface area contributed by atoms with E-state index < -0.39 is 9.84 Å². The van der Waals surface area contributed by atoms with Crippen LogP contribution in [-0.4, -0.2) is 58.0 Å². The first-order valence-corrected chi connectivity index (χ1v) is 9.62. The molecule has 0 atom stereocenters. The van der Waals surface area contributed by atoms with Crippen molar-refractivity contribution in [1.29, 1.82) is 0 Å². The van der Waals surface area contributed by atoms with Crippen molar-refractivity contribution < 1.29 is 22.7 Å². The van der Waals surface area contributed by atoms with Gasteiger partial charge in [0.05, 0.1) is 20.0 Å². The van der Waals surface area contributed by atoms with E-state index in [-0.39, 0.29) is 24.2 Å². The van der Waals surface area contributed by atoms with Crippen LogP contribution in [0.1, 0.15) is 19.4 Å². The molecule has 7 heteroatoms. The van der Waals surface area contributed by atoms with E-state index in [0.717, 1.165) is 11.8 Å². The molecule has 24 heavy (non-hydrogen) atoms. The lowest BCUT2D eigenvalue weighted by Gasteiger charge is -2.25. The highest BCUT2D eigenvalue weighted by molar-refractivity contribution is 7.90. The summed E-state index contributed by atoms with van der Waals surface area (Å²) in [6, 6.07) is 5.24. The van der Waals surface area contributed by atoms with Gasteiger partial charge in [-0.2, -0.15) is 0 Å². The average Bonchev–Trinajstić information content (AvgIpc) is 2.51. The van der Waals surface area contributed by atoms with Crippen molar-refractivity contribution in [3.63, 3.8) is 0 Å². The first-order chi connectivity index (χ1) is 11.2. The molecule has 0 aliphatic heterocycles. The van der Waals surface area contributed by atoms with Gasteiger partial charge in [0.1, 0.15) is 9.84 Å². The summed E-state index contributed by atoms with van der Waals surface area (Å²) in [5.74, 6) is 0.896. The van der Waals surface area contributed by atoms with E-state index in [1.807, 2.05) is 13.8 Å². The smallest absolute Gasteiger partial charge is 0.246 e. The molecule has 0 bridgehead atoms. The van der Waals surface area contributed by atoms with Gasteiger partial charge in [-0.1, -0.05) is 6.07 Å². The molecule has 0 spiro atoms. The zero-order chi connectivity index (χ0) is 18.3. The highest BCUT2D eigenvalue weighted by Crippen LogP contribution is 2.27. The van der Waals surface area contributed by atoms with Crippen molar-refractivity contribution in [1.82, 2.24) is 4.90 Å². The van der Waals surface area contributed by atoms with Crippen LogP contribution < -0.4 is 9.47 Å². The zero-order valence-corrected chi connectivity index (χ0v) is 15.6. The molecule has 0 saturated heterocycles. The van der Waals surface area contributed by atoms with Gasteiger partial charge in [0, 0.05) is 24.9 Å². The fraction of sp³-hybridized carbons (Fsp3) is 0.471. The molecule has 0 unspecified atom stereocenters. The van der Waals surface area contributed by atoms with E-state index in [9.17, 15) is 13.2 Å².